The second-order valence-corrected chi connectivity index (χ2v) is 6.49. The number of ether oxygens (including phenoxy) is 2. The van der Waals surface area contributed by atoms with Crippen LogP contribution in [0.5, 0.6) is 11.5 Å². The number of benzene rings is 2. The van der Waals surface area contributed by atoms with Crippen molar-refractivity contribution in [3.63, 3.8) is 0 Å². The Morgan fingerprint density at radius 1 is 1.18 bits per heavy atom. The number of para-hydroxylation sites is 1. The van der Waals surface area contributed by atoms with Gasteiger partial charge in [-0.2, -0.15) is 0 Å². The number of hydrogen-bond acceptors (Lipinski definition) is 4. The van der Waals surface area contributed by atoms with E-state index in [1.54, 1.807) is 26.4 Å². The number of anilines is 2. The van der Waals surface area contributed by atoms with Crippen LogP contribution in [-0.4, -0.2) is 39.2 Å². The van der Waals surface area contributed by atoms with Crippen LogP contribution in [0, 0.1) is 0 Å². The van der Waals surface area contributed by atoms with E-state index in [4.69, 9.17) is 15.2 Å². The predicted octanol–water partition coefficient (Wildman–Crippen LogP) is 2.80. The third kappa shape index (κ3) is 4.54. The topological polar surface area (TPSA) is 89.2 Å². The van der Waals surface area contributed by atoms with Gasteiger partial charge in [0.1, 0.15) is 0 Å². The number of hydrogen-bond donors (Lipinski definition) is 2. The van der Waals surface area contributed by atoms with Gasteiger partial charge in [-0.1, -0.05) is 18.2 Å². The molecule has 0 atom stereocenters. The van der Waals surface area contributed by atoms with Crippen LogP contribution in [0.3, 0.4) is 0 Å². The number of guanidine groups is 1. The van der Waals surface area contributed by atoms with Gasteiger partial charge in [-0.15, -0.1) is 0 Å². The third-order valence-electron chi connectivity index (χ3n) is 4.68. The maximum absolute atomic E-state index is 12.5. The summed E-state index contributed by atoms with van der Waals surface area (Å²) in [4.78, 5) is 18.6. The summed E-state index contributed by atoms with van der Waals surface area (Å²) in [7, 11) is 3.16. The molecule has 1 aliphatic rings. The zero-order valence-corrected chi connectivity index (χ0v) is 16.3. The number of methoxy groups -OCH3 is 2. The highest BCUT2D eigenvalue weighted by molar-refractivity contribution is 5.95. The second-order valence-electron chi connectivity index (χ2n) is 6.49. The van der Waals surface area contributed by atoms with Gasteiger partial charge in [-0.3, -0.25) is 9.79 Å². The molecule has 1 amide bonds. The van der Waals surface area contributed by atoms with Crippen molar-refractivity contribution in [2.24, 2.45) is 10.7 Å². The molecule has 2 aromatic carbocycles. The van der Waals surface area contributed by atoms with E-state index in [-0.39, 0.29) is 5.91 Å². The smallest absolute Gasteiger partial charge is 0.227 e. The number of aliphatic imine (C=N–C) groups is 1. The van der Waals surface area contributed by atoms with Gasteiger partial charge in [-0.25, -0.2) is 0 Å². The molecule has 28 heavy (non-hydrogen) atoms. The van der Waals surface area contributed by atoms with Crippen LogP contribution < -0.4 is 25.4 Å². The molecule has 0 saturated carbocycles. The summed E-state index contributed by atoms with van der Waals surface area (Å²) < 4.78 is 10.5. The predicted molar refractivity (Wildman–Crippen MR) is 111 cm³/mol. The minimum Gasteiger partial charge on any atom is -0.493 e. The number of carbonyl (C=O) groups excluding carboxylic acids is 1. The molecule has 0 aromatic heterocycles. The summed E-state index contributed by atoms with van der Waals surface area (Å²) in [6.07, 6.45) is 2.01. The molecule has 3 N–H and O–H groups in total. The van der Waals surface area contributed by atoms with E-state index >= 15 is 0 Å². The first-order valence-corrected chi connectivity index (χ1v) is 9.29. The minimum atomic E-state index is 0.131. The third-order valence-corrected chi connectivity index (χ3v) is 4.68. The molecule has 0 unspecified atom stereocenters. The zero-order valence-electron chi connectivity index (χ0n) is 16.3. The van der Waals surface area contributed by atoms with Crippen molar-refractivity contribution in [1.29, 1.82) is 0 Å². The highest BCUT2D eigenvalue weighted by Crippen LogP contribution is 2.30. The summed E-state index contributed by atoms with van der Waals surface area (Å²) in [6, 6.07) is 13.5. The molecule has 0 spiro atoms. The second kappa shape index (κ2) is 9.12. The maximum Gasteiger partial charge on any atom is 0.227 e. The lowest BCUT2D eigenvalue weighted by atomic mass is 10.2. The molecule has 0 fully saturated rings. The molecule has 1 aliphatic heterocycles. The van der Waals surface area contributed by atoms with Crippen molar-refractivity contribution in [3.05, 3.63) is 48.0 Å². The molecule has 2 aromatic rings. The number of nitrogens with one attached hydrogen (secondary N) is 1. The van der Waals surface area contributed by atoms with E-state index < -0.39 is 0 Å². The summed E-state index contributed by atoms with van der Waals surface area (Å²) in [5.41, 5.74) is 8.96. The van der Waals surface area contributed by atoms with Crippen LogP contribution in [-0.2, 0) is 11.2 Å². The highest BCUT2D eigenvalue weighted by Gasteiger charge is 2.23. The summed E-state index contributed by atoms with van der Waals surface area (Å²) in [5, 5.41) is 3.02. The van der Waals surface area contributed by atoms with E-state index in [0.717, 1.165) is 24.3 Å². The van der Waals surface area contributed by atoms with Crippen molar-refractivity contribution in [2.75, 3.05) is 37.5 Å². The molecule has 0 bridgehead atoms. The van der Waals surface area contributed by atoms with Crippen molar-refractivity contribution < 1.29 is 14.3 Å². The number of nitrogens with zero attached hydrogens (tertiary/aromatic N) is 2. The first-order chi connectivity index (χ1) is 13.6. The average Bonchev–Trinajstić information content (AvgIpc) is 3.15. The number of rotatable bonds is 7. The Morgan fingerprint density at radius 3 is 2.75 bits per heavy atom. The Kier molecular flexibility index (Phi) is 6.37. The number of carbonyl (C=O) groups is 1. The van der Waals surface area contributed by atoms with Gasteiger partial charge in [0.05, 0.1) is 14.2 Å². The van der Waals surface area contributed by atoms with Crippen molar-refractivity contribution in [3.8, 4) is 11.5 Å². The molecular formula is C21H26N4O3. The van der Waals surface area contributed by atoms with E-state index in [1.165, 1.54) is 5.56 Å². The SMILES string of the molecule is COc1ccc(NC(N)=NCCCC(=O)N2CCc3ccccc32)cc1OC. The Labute approximate surface area is 165 Å². The van der Waals surface area contributed by atoms with Gasteiger partial charge in [0, 0.05) is 37.0 Å². The average molecular weight is 382 g/mol. The van der Waals surface area contributed by atoms with Gasteiger partial charge in [0.25, 0.3) is 0 Å². The van der Waals surface area contributed by atoms with Gasteiger partial charge >= 0.3 is 0 Å². The zero-order chi connectivity index (χ0) is 19.9. The fourth-order valence-corrected chi connectivity index (χ4v) is 3.26. The van der Waals surface area contributed by atoms with Crippen molar-refractivity contribution in [1.82, 2.24) is 0 Å². The number of nitrogens with two attached hydrogens (primary N) is 1. The molecular weight excluding hydrogens is 356 g/mol. The molecule has 3 rings (SSSR count). The van der Waals surface area contributed by atoms with Crippen LogP contribution in [0.4, 0.5) is 11.4 Å². The lowest BCUT2D eigenvalue weighted by Gasteiger charge is -2.17. The Morgan fingerprint density at radius 2 is 1.96 bits per heavy atom. The molecule has 7 nitrogen and oxygen atoms in total. The van der Waals surface area contributed by atoms with Crippen molar-refractivity contribution in [2.45, 2.75) is 19.3 Å². The maximum atomic E-state index is 12.5. The van der Waals surface area contributed by atoms with Crippen LogP contribution in [0.2, 0.25) is 0 Å². The van der Waals surface area contributed by atoms with Gasteiger partial charge < -0.3 is 25.4 Å². The summed E-state index contributed by atoms with van der Waals surface area (Å²) in [5.74, 6) is 1.68. The molecule has 0 saturated heterocycles. The van der Waals surface area contributed by atoms with Gasteiger partial charge in [0.15, 0.2) is 17.5 Å². The molecule has 7 heteroatoms. The van der Waals surface area contributed by atoms with Crippen molar-refractivity contribution >= 4 is 23.2 Å². The lowest BCUT2D eigenvalue weighted by molar-refractivity contribution is -0.118. The van der Waals surface area contributed by atoms with Crippen LogP contribution in [0.1, 0.15) is 18.4 Å². The molecule has 148 valence electrons. The van der Waals surface area contributed by atoms with Crippen LogP contribution in [0.25, 0.3) is 0 Å². The Balaban J connectivity index is 1.48. The minimum absolute atomic E-state index is 0.131. The summed E-state index contributed by atoms with van der Waals surface area (Å²) >= 11 is 0. The van der Waals surface area contributed by atoms with E-state index in [2.05, 4.69) is 16.4 Å². The van der Waals surface area contributed by atoms with Gasteiger partial charge in [-0.05, 0) is 36.6 Å². The standard InChI is InChI=1S/C21H26N4O3/c1-27-18-10-9-16(14-19(18)28-2)24-21(22)23-12-5-8-20(26)25-13-11-15-6-3-4-7-17(15)25/h3-4,6-7,9-10,14H,5,8,11-13H2,1-2H3,(H3,22,23,24). The highest BCUT2D eigenvalue weighted by atomic mass is 16.5. The Hall–Kier alpha value is -3.22. The van der Waals surface area contributed by atoms with E-state index in [1.807, 2.05) is 29.2 Å². The lowest BCUT2D eigenvalue weighted by Crippen LogP contribution is -2.28. The normalized spacial score (nSPS) is 13.2. The summed E-state index contributed by atoms with van der Waals surface area (Å²) in [6.45, 7) is 1.23. The monoisotopic (exact) mass is 382 g/mol. The molecule has 0 radical (unpaired) electrons. The van der Waals surface area contributed by atoms with E-state index in [9.17, 15) is 4.79 Å². The van der Waals surface area contributed by atoms with Gasteiger partial charge in [0.2, 0.25) is 5.91 Å². The molecule has 0 aliphatic carbocycles. The molecule has 1 heterocycles. The quantitative estimate of drug-likeness (QED) is 0.437. The largest absolute Gasteiger partial charge is 0.493 e. The number of fused-ring (bicyclic) bond motifs is 1. The Bertz CT molecular complexity index is 866. The first-order valence-electron chi connectivity index (χ1n) is 9.29. The number of amides is 1. The first kappa shape index (κ1) is 19.5. The fraction of sp³-hybridized carbons (Fsp3) is 0.333. The van der Waals surface area contributed by atoms with Crippen LogP contribution in [0.15, 0.2) is 47.5 Å². The van der Waals surface area contributed by atoms with E-state index in [0.29, 0.717) is 36.8 Å². The van der Waals surface area contributed by atoms with Crippen LogP contribution >= 0.6 is 0 Å². The fourth-order valence-electron chi connectivity index (χ4n) is 3.26.